The average Bonchev–Trinajstić information content (AvgIpc) is 2.87. The number of halogens is 4. The van der Waals surface area contributed by atoms with E-state index in [0.717, 1.165) is 0 Å². The number of carbonyl (C=O) groups excluding carboxylic acids is 2. The minimum absolute atomic E-state index is 0.00912. The Morgan fingerprint density at radius 3 is 1.15 bits per heavy atom. The van der Waals surface area contributed by atoms with Gasteiger partial charge in [0.1, 0.15) is 24.7 Å². The van der Waals surface area contributed by atoms with Crippen LogP contribution in [0, 0.1) is 0 Å². The van der Waals surface area contributed by atoms with Crippen LogP contribution in [0.2, 0.25) is 20.1 Å². The lowest BCUT2D eigenvalue weighted by molar-refractivity contribution is 0.0591. The van der Waals surface area contributed by atoms with Gasteiger partial charge in [0.15, 0.2) is 0 Å². The van der Waals surface area contributed by atoms with Gasteiger partial charge in [-0.25, -0.2) is 9.59 Å². The first kappa shape index (κ1) is 26.0. The molecule has 0 saturated heterocycles. The summed E-state index contributed by atoms with van der Waals surface area (Å²) in [7, 11) is 2.61. The van der Waals surface area contributed by atoms with Crippen LogP contribution in [0.15, 0.2) is 48.5 Å². The molecule has 3 aromatic carbocycles. The Kier molecular flexibility index (Phi) is 8.91. The van der Waals surface area contributed by atoms with Gasteiger partial charge < -0.3 is 18.9 Å². The van der Waals surface area contributed by atoms with E-state index in [1.165, 1.54) is 14.2 Å². The van der Waals surface area contributed by atoms with Gasteiger partial charge in [-0.1, -0.05) is 46.4 Å². The molecule has 0 fully saturated rings. The largest absolute Gasteiger partial charge is 0.489 e. The van der Waals surface area contributed by atoms with Crippen LogP contribution in [0.1, 0.15) is 31.8 Å². The number of rotatable bonds is 8. The van der Waals surface area contributed by atoms with Gasteiger partial charge in [-0.15, -0.1) is 0 Å². The highest BCUT2D eigenvalue weighted by Crippen LogP contribution is 2.42. The monoisotopic (exact) mass is 542 g/mol. The minimum atomic E-state index is -0.451. The summed E-state index contributed by atoms with van der Waals surface area (Å²) in [6, 6.07) is 12.8. The average molecular weight is 544 g/mol. The van der Waals surface area contributed by atoms with Gasteiger partial charge in [-0.2, -0.15) is 0 Å². The number of benzene rings is 3. The van der Waals surface area contributed by atoms with Crippen molar-refractivity contribution in [3.8, 4) is 11.5 Å². The molecule has 3 aromatic rings. The predicted molar refractivity (Wildman–Crippen MR) is 131 cm³/mol. The fraction of sp³-hybridized carbons (Fsp3) is 0.167. The van der Waals surface area contributed by atoms with E-state index in [0.29, 0.717) is 33.8 Å². The van der Waals surface area contributed by atoms with Crippen LogP contribution in [0.4, 0.5) is 0 Å². The first-order valence-corrected chi connectivity index (χ1v) is 11.2. The molecule has 0 aliphatic heterocycles. The SMILES string of the molecule is COC(=O)c1ccc(OCc2c(Cl)c(Cl)c(COc3ccc(C(=O)OC)cc3)c(Cl)c2Cl)cc1. The highest BCUT2D eigenvalue weighted by atomic mass is 35.5. The lowest BCUT2D eigenvalue weighted by Crippen LogP contribution is -2.05. The summed E-state index contributed by atoms with van der Waals surface area (Å²) in [5, 5.41) is 0.729. The molecule has 34 heavy (non-hydrogen) atoms. The minimum Gasteiger partial charge on any atom is -0.489 e. The highest BCUT2D eigenvalue weighted by Gasteiger charge is 2.21. The Bertz CT molecular complexity index is 1070. The predicted octanol–water partition coefficient (Wildman–Crippen LogP) is 7.03. The van der Waals surface area contributed by atoms with E-state index in [2.05, 4.69) is 9.47 Å². The highest BCUT2D eigenvalue weighted by molar-refractivity contribution is 6.48. The third-order valence-electron chi connectivity index (χ3n) is 4.76. The zero-order chi connectivity index (χ0) is 24.8. The molecule has 178 valence electrons. The van der Waals surface area contributed by atoms with Crippen molar-refractivity contribution in [1.29, 1.82) is 0 Å². The molecule has 0 saturated carbocycles. The van der Waals surface area contributed by atoms with Crippen molar-refractivity contribution in [2.24, 2.45) is 0 Å². The van der Waals surface area contributed by atoms with Gasteiger partial charge >= 0.3 is 11.9 Å². The summed E-state index contributed by atoms with van der Waals surface area (Å²) in [6.45, 7) is -0.0182. The first-order chi connectivity index (χ1) is 16.3. The smallest absolute Gasteiger partial charge is 0.337 e. The van der Waals surface area contributed by atoms with Crippen LogP contribution in [0.5, 0.6) is 11.5 Å². The van der Waals surface area contributed by atoms with Crippen LogP contribution < -0.4 is 9.47 Å². The van der Waals surface area contributed by atoms with Crippen molar-refractivity contribution in [2.45, 2.75) is 13.2 Å². The molecule has 0 spiro atoms. The second-order valence-corrected chi connectivity index (χ2v) is 8.33. The molecule has 0 radical (unpaired) electrons. The standard InChI is InChI=1S/C24H18Cl4O6/c1-31-23(29)13-3-7-15(8-4-13)33-11-17-19(25)21(27)18(22(28)20(17)26)12-34-16-9-5-14(6-10-16)24(30)32-2/h3-10H,11-12H2,1-2H3. The van der Waals surface area contributed by atoms with Crippen LogP contribution in [-0.4, -0.2) is 26.2 Å². The molecule has 6 nitrogen and oxygen atoms in total. The Labute approximate surface area is 216 Å². The van der Waals surface area contributed by atoms with E-state index in [-0.39, 0.29) is 33.3 Å². The van der Waals surface area contributed by atoms with E-state index >= 15 is 0 Å². The van der Waals surface area contributed by atoms with Crippen molar-refractivity contribution in [1.82, 2.24) is 0 Å². The third kappa shape index (κ3) is 5.88. The summed E-state index contributed by atoms with van der Waals surface area (Å²) < 4.78 is 20.8. The lowest BCUT2D eigenvalue weighted by Gasteiger charge is -2.17. The van der Waals surface area contributed by atoms with Crippen LogP contribution in [-0.2, 0) is 22.7 Å². The molecular weight excluding hydrogens is 526 g/mol. The fourth-order valence-corrected chi connectivity index (χ4v) is 4.05. The molecule has 0 amide bonds. The third-order valence-corrected chi connectivity index (χ3v) is 6.62. The van der Waals surface area contributed by atoms with E-state index in [1.807, 2.05) is 0 Å². The normalized spacial score (nSPS) is 10.5. The Hall–Kier alpha value is -2.64. The Balaban J connectivity index is 1.73. The number of hydrogen-bond acceptors (Lipinski definition) is 6. The summed E-state index contributed by atoms with van der Waals surface area (Å²) in [6.07, 6.45) is 0. The molecule has 0 N–H and O–H groups in total. The molecule has 0 aliphatic rings. The van der Waals surface area contributed by atoms with E-state index < -0.39 is 11.9 Å². The fourth-order valence-electron chi connectivity index (χ4n) is 2.90. The molecule has 3 rings (SSSR count). The molecule has 0 heterocycles. The number of methoxy groups -OCH3 is 2. The van der Waals surface area contributed by atoms with Gasteiger partial charge in [-0.3, -0.25) is 0 Å². The van der Waals surface area contributed by atoms with Crippen molar-refractivity contribution in [3.05, 3.63) is 90.9 Å². The van der Waals surface area contributed by atoms with Crippen LogP contribution in [0.25, 0.3) is 0 Å². The van der Waals surface area contributed by atoms with Crippen molar-refractivity contribution in [2.75, 3.05) is 14.2 Å². The molecular formula is C24H18Cl4O6. The molecule has 0 bridgehead atoms. The second-order valence-electron chi connectivity index (χ2n) is 6.82. The van der Waals surface area contributed by atoms with Crippen molar-refractivity contribution >= 4 is 58.3 Å². The number of ether oxygens (including phenoxy) is 4. The van der Waals surface area contributed by atoms with E-state index in [9.17, 15) is 9.59 Å². The van der Waals surface area contributed by atoms with Gasteiger partial charge in [-0.05, 0) is 48.5 Å². The van der Waals surface area contributed by atoms with Crippen molar-refractivity contribution < 1.29 is 28.5 Å². The van der Waals surface area contributed by atoms with Crippen LogP contribution >= 0.6 is 46.4 Å². The van der Waals surface area contributed by atoms with Crippen LogP contribution in [0.3, 0.4) is 0 Å². The Morgan fingerprint density at radius 1 is 0.588 bits per heavy atom. The number of carbonyl (C=O) groups is 2. The van der Waals surface area contributed by atoms with E-state index in [4.69, 9.17) is 55.9 Å². The topological polar surface area (TPSA) is 71.1 Å². The zero-order valence-corrected chi connectivity index (χ0v) is 21.0. The van der Waals surface area contributed by atoms with E-state index in [1.54, 1.807) is 48.5 Å². The van der Waals surface area contributed by atoms with Gasteiger partial charge in [0.2, 0.25) is 0 Å². The Morgan fingerprint density at radius 2 is 0.882 bits per heavy atom. The van der Waals surface area contributed by atoms with Gasteiger partial charge in [0, 0.05) is 11.1 Å². The maximum atomic E-state index is 11.5. The summed E-state index contributed by atoms with van der Waals surface area (Å²) in [5.74, 6) is 0.0616. The first-order valence-electron chi connectivity index (χ1n) is 9.72. The number of hydrogen-bond donors (Lipinski definition) is 0. The van der Waals surface area contributed by atoms with Gasteiger partial charge in [0.05, 0.1) is 45.4 Å². The molecule has 10 heteroatoms. The number of esters is 2. The second kappa shape index (κ2) is 11.7. The molecule has 0 aliphatic carbocycles. The zero-order valence-electron chi connectivity index (χ0n) is 18.0. The summed E-state index contributed by atoms with van der Waals surface area (Å²) in [4.78, 5) is 23.1. The molecule has 0 aromatic heterocycles. The lowest BCUT2D eigenvalue weighted by atomic mass is 10.1. The summed E-state index contributed by atoms with van der Waals surface area (Å²) >= 11 is 25.8. The molecule has 0 unspecified atom stereocenters. The quantitative estimate of drug-likeness (QED) is 0.224. The molecule has 0 atom stereocenters. The maximum Gasteiger partial charge on any atom is 0.337 e. The van der Waals surface area contributed by atoms with Gasteiger partial charge in [0.25, 0.3) is 0 Å². The maximum absolute atomic E-state index is 11.5. The summed E-state index contributed by atoms with van der Waals surface area (Å²) in [5.41, 5.74) is 1.59. The van der Waals surface area contributed by atoms with Crippen molar-refractivity contribution in [3.63, 3.8) is 0 Å².